The minimum absolute atomic E-state index is 0.156. The van der Waals surface area contributed by atoms with Gasteiger partial charge in [0.1, 0.15) is 5.69 Å². The third-order valence-electron chi connectivity index (χ3n) is 4.97. The molecule has 0 radical (unpaired) electrons. The van der Waals surface area contributed by atoms with Gasteiger partial charge in [-0.1, -0.05) is 24.3 Å². The van der Waals surface area contributed by atoms with Crippen molar-refractivity contribution in [2.45, 2.75) is 31.0 Å². The number of para-hydroxylation sites is 1. The Labute approximate surface area is 175 Å². The Morgan fingerprint density at radius 3 is 2.37 bits per heavy atom. The van der Waals surface area contributed by atoms with E-state index in [0.29, 0.717) is 24.5 Å². The number of nitrogens with one attached hydrogen (secondary N) is 1. The highest BCUT2D eigenvalue weighted by molar-refractivity contribution is 7.89. The van der Waals surface area contributed by atoms with Crippen molar-refractivity contribution in [3.8, 4) is 0 Å². The lowest BCUT2D eigenvalue weighted by Gasteiger charge is -2.34. The number of nitrogens with zero attached hydrogens (tertiary/aromatic N) is 2. The summed E-state index contributed by atoms with van der Waals surface area (Å²) in [5.74, 6) is -0.354. The fourth-order valence-corrected chi connectivity index (χ4v) is 5.16. The van der Waals surface area contributed by atoms with E-state index in [1.165, 1.54) is 16.4 Å². The van der Waals surface area contributed by atoms with E-state index in [-0.39, 0.29) is 23.0 Å². The molecule has 0 bridgehead atoms. The van der Waals surface area contributed by atoms with Gasteiger partial charge in [0.2, 0.25) is 10.0 Å². The largest absolute Gasteiger partial charge is 0.373 e. The first-order chi connectivity index (χ1) is 14.3. The number of ether oxygens (including phenoxy) is 1. The van der Waals surface area contributed by atoms with Crippen LogP contribution in [-0.2, 0) is 14.8 Å². The first-order valence-corrected chi connectivity index (χ1v) is 11.2. The van der Waals surface area contributed by atoms with Gasteiger partial charge in [-0.25, -0.2) is 13.4 Å². The number of aromatic nitrogens is 1. The van der Waals surface area contributed by atoms with Crippen molar-refractivity contribution in [1.82, 2.24) is 9.29 Å². The zero-order valence-electron chi connectivity index (χ0n) is 16.8. The van der Waals surface area contributed by atoms with Gasteiger partial charge < -0.3 is 10.1 Å². The summed E-state index contributed by atoms with van der Waals surface area (Å²) >= 11 is 0. The molecule has 2 heterocycles. The number of hydrogen-bond donors (Lipinski definition) is 1. The molecule has 8 heteroatoms. The van der Waals surface area contributed by atoms with Crippen LogP contribution in [0, 0.1) is 0 Å². The predicted octanol–water partition coefficient (Wildman–Crippen LogP) is 3.29. The molecule has 156 valence electrons. The molecule has 1 aliphatic heterocycles. The molecule has 1 aliphatic rings. The molecule has 1 saturated heterocycles. The lowest BCUT2D eigenvalue weighted by molar-refractivity contribution is -0.0440. The number of anilines is 1. The first kappa shape index (κ1) is 20.5. The summed E-state index contributed by atoms with van der Waals surface area (Å²) in [7, 11) is -3.62. The Hall–Kier alpha value is -2.81. The van der Waals surface area contributed by atoms with E-state index in [1.807, 2.05) is 44.2 Å². The Kier molecular flexibility index (Phi) is 5.55. The number of fused-ring (bicyclic) bond motifs is 1. The molecular formula is C22H23N3O4S. The van der Waals surface area contributed by atoms with Crippen molar-refractivity contribution in [3.05, 3.63) is 66.4 Å². The van der Waals surface area contributed by atoms with Crippen LogP contribution in [0.3, 0.4) is 0 Å². The molecular weight excluding hydrogens is 402 g/mol. The number of carbonyl (C=O) groups is 1. The number of pyridine rings is 1. The lowest BCUT2D eigenvalue weighted by atomic mass is 10.2. The van der Waals surface area contributed by atoms with Crippen LogP contribution in [0.25, 0.3) is 10.9 Å². The molecule has 4 rings (SSSR count). The van der Waals surface area contributed by atoms with Crippen LogP contribution >= 0.6 is 0 Å². The molecule has 1 N–H and O–H groups in total. The second-order valence-electron chi connectivity index (χ2n) is 7.45. The van der Waals surface area contributed by atoms with Crippen molar-refractivity contribution in [3.63, 3.8) is 0 Å². The number of hydrogen-bond acceptors (Lipinski definition) is 5. The normalized spacial score (nSPS) is 20.2. The van der Waals surface area contributed by atoms with Crippen LogP contribution in [-0.4, -0.2) is 48.9 Å². The molecule has 7 nitrogen and oxygen atoms in total. The van der Waals surface area contributed by atoms with Crippen LogP contribution in [0.5, 0.6) is 0 Å². The van der Waals surface area contributed by atoms with Crippen LogP contribution < -0.4 is 5.32 Å². The number of sulfonamides is 1. The molecule has 2 atom stereocenters. The SMILES string of the molecule is CC1CN(S(=O)(=O)c2ccc(NC(=O)c3ccc4ccccc4n3)cc2)CC(C)O1. The molecule has 2 unspecified atom stereocenters. The predicted molar refractivity (Wildman–Crippen MR) is 115 cm³/mol. The van der Waals surface area contributed by atoms with Gasteiger partial charge >= 0.3 is 0 Å². The first-order valence-electron chi connectivity index (χ1n) is 9.76. The minimum Gasteiger partial charge on any atom is -0.373 e. The van der Waals surface area contributed by atoms with Crippen molar-refractivity contribution in [2.75, 3.05) is 18.4 Å². The van der Waals surface area contributed by atoms with Crippen molar-refractivity contribution in [2.24, 2.45) is 0 Å². The van der Waals surface area contributed by atoms with E-state index in [2.05, 4.69) is 10.3 Å². The summed E-state index contributed by atoms with van der Waals surface area (Å²) in [6.07, 6.45) is -0.312. The summed E-state index contributed by atoms with van der Waals surface area (Å²) in [4.78, 5) is 17.1. The molecule has 0 aliphatic carbocycles. The summed E-state index contributed by atoms with van der Waals surface area (Å²) in [5.41, 5.74) is 1.53. The number of benzene rings is 2. The Bertz CT molecular complexity index is 1170. The highest BCUT2D eigenvalue weighted by atomic mass is 32.2. The van der Waals surface area contributed by atoms with Gasteiger partial charge in [0.05, 0.1) is 22.6 Å². The monoisotopic (exact) mass is 425 g/mol. The zero-order valence-corrected chi connectivity index (χ0v) is 17.6. The van der Waals surface area contributed by atoms with Gasteiger partial charge in [-0.2, -0.15) is 4.31 Å². The summed E-state index contributed by atoms with van der Waals surface area (Å²) in [6, 6.07) is 17.2. The topological polar surface area (TPSA) is 88.6 Å². The zero-order chi connectivity index (χ0) is 21.3. The molecule has 0 spiro atoms. The molecule has 0 saturated carbocycles. The Balaban J connectivity index is 1.49. The van der Waals surface area contributed by atoms with Crippen molar-refractivity contribution < 1.29 is 17.9 Å². The standard InChI is InChI=1S/C22H23N3O4S/c1-15-13-25(14-16(2)29-15)30(27,28)19-10-8-18(9-11-19)23-22(26)21-12-7-17-5-3-4-6-20(17)24-21/h3-12,15-16H,13-14H2,1-2H3,(H,23,26). The highest BCUT2D eigenvalue weighted by Crippen LogP contribution is 2.23. The molecule has 1 aromatic heterocycles. The van der Waals surface area contributed by atoms with Gasteiger partial charge in [0.15, 0.2) is 0 Å². The third-order valence-corrected chi connectivity index (χ3v) is 6.81. The number of amides is 1. The average Bonchev–Trinajstić information content (AvgIpc) is 2.73. The van der Waals surface area contributed by atoms with Crippen LogP contribution in [0.15, 0.2) is 65.6 Å². The maximum atomic E-state index is 12.9. The average molecular weight is 426 g/mol. The Morgan fingerprint density at radius 1 is 1.00 bits per heavy atom. The van der Waals surface area contributed by atoms with Gasteiger partial charge in [0, 0.05) is 24.2 Å². The maximum Gasteiger partial charge on any atom is 0.274 e. The Morgan fingerprint density at radius 2 is 1.67 bits per heavy atom. The van der Waals surface area contributed by atoms with E-state index < -0.39 is 10.0 Å². The van der Waals surface area contributed by atoms with Gasteiger partial charge in [-0.3, -0.25) is 4.79 Å². The lowest BCUT2D eigenvalue weighted by Crippen LogP contribution is -2.48. The van der Waals surface area contributed by atoms with Crippen LogP contribution in [0.4, 0.5) is 5.69 Å². The molecule has 2 aromatic carbocycles. The second-order valence-corrected chi connectivity index (χ2v) is 9.38. The quantitative estimate of drug-likeness (QED) is 0.693. The highest BCUT2D eigenvalue weighted by Gasteiger charge is 2.32. The summed E-state index contributed by atoms with van der Waals surface area (Å²) < 4.78 is 32.9. The summed E-state index contributed by atoms with van der Waals surface area (Å²) in [6.45, 7) is 4.35. The number of morpholine rings is 1. The maximum absolute atomic E-state index is 12.9. The number of rotatable bonds is 4. The van der Waals surface area contributed by atoms with E-state index >= 15 is 0 Å². The second kappa shape index (κ2) is 8.14. The molecule has 1 amide bonds. The van der Waals surface area contributed by atoms with Gasteiger partial charge in [-0.05, 0) is 50.2 Å². The van der Waals surface area contributed by atoms with E-state index in [0.717, 1.165) is 10.9 Å². The van der Waals surface area contributed by atoms with Crippen LogP contribution in [0.2, 0.25) is 0 Å². The van der Waals surface area contributed by atoms with E-state index in [1.54, 1.807) is 18.2 Å². The molecule has 3 aromatic rings. The number of carbonyl (C=O) groups excluding carboxylic acids is 1. The van der Waals surface area contributed by atoms with Crippen molar-refractivity contribution >= 4 is 32.5 Å². The third kappa shape index (κ3) is 4.21. The van der Waals surface area contributed by atoms with Crippen molar-refractivity contribution in [1.29, 1.82) is 0 Å². The molecule has 1 fully saturated rings. The summed E-state index contributed by atoms with van der Waals surface area (Å²) in [5, 5.41) is 3.72. The van der Waals surface area contributed by atoms with Gasteiger partial charge in [-0.15, -0.1) is 0 Å². The minimum atomic E-state index is -3.62. The van der Waals surface area contributed by atoms with Gasteiger partial charge in [0.25, 0.3) is 5.91 Å². The smallest absolute Gasteiger partial charge is 0.274 e. The van der Waals surface area contributed by atoms with E-state index in [9.17, 15) is 13.2 Å². The van der Waals surface area contributed by atoms with Crippen LogP contribution in [0.1, 0.15) is 24.3 Å². The fraction of sp³-hybridized carbons (Fsp3) is 0.273. The fourth-order valence-electron chi connectivity index (χ4n) is 3.57. The van der Waals surface area contributed by atoms with E-state index in [4.69, 9.17) is 4.74 Å². The molecule has 30 heavy (non-hydrogen) atoms.